The molecule has 2 rings (SSSR count). The molecule has 2 aromatic rings. The van der Waals surface area contributed by atoms with Crippen LogP contribution in [-0.2, 0) is 0 Å². The summed E-state index contributed by atoms with van der Waals surface area (Å²) in [6.45, 7) is 0. The van der Waals surface area contributed by atoms with Crippen LogP contribution in [0.5, 0.6) is 0 Å². The lowest BCUT2D eigenvalue weighted by molar-refractivity contribution is 0.0996. The van der Waals surface area contributed by atoms with Crippen molar-refractivity contribution in [1.82, 2.24) is 0 Å². The summed E-state index contributed by atoms with van der Waals surface area (Å²) in [5.74, 6) is -0.815. The second-order valence-corrected chi connectivity index (χ2v) is 5.79. The highest BCUT2D eigenvalue weighted by atomic mass is 79.9. The van der Waals surface area contributed by atoms with E-state index in [1.807, 2.05) is 6.07 Å². The maximum absolute atomic E-state index is 12.2. The monoisotopic (exact) mass is 396 g/mol. The first-order chi connectivity index (χ1) is 9.47. The van der Waals surface area contributed by atoms with Crippen LogP contribution in [0.1, 0.15) is 20.7 Å². The van der Waals surface area contributed by atoms with Crippen LogP contribution in [0.3, 0.4) is 0 Å². The molecule has 2 amide bonds. The van der Waals surface area contributed by atoms with Gasteiger partial charge in [0.15, 0.2) is 0 Å². The zero-order chi connectivity index (χ0) is 14.7. The van der Waals surface area contributed by atoms with E-state index in [-0.39, 0.29) is 5.91 Å². The molecule has 0 radical (unpaired) electrons. The van der Waals surface area contributed by atoms with E-state index in [9.17, 15) is 9.59 Å². The van der Waals surface area contributed by atoms with Crippen molar-refractivity contribution in [2.24, 2.45) is 5.73 Å². The fourth-order valence-corrected chi connectivity index (χ4v) is 2.41. The molecule has 0 aliphatic heterocycles. The van der Waals surface area contributed by atoms with Crippen LogP contribution >= 0.6 is 31.9 Å². The van der Waals surface area contributed by atoms with Gasteiger partial charge in [-0.2, -0.15) is 0 Å². The van der Waals surface area contributed by atoms with Gasteiger partial charge in [-0.3, -0.25) is 9.59 Å². The number of hydrogen-bond acceptors (Lipinski definition) is 2. The molecule has 6 heteroatoms. The van der Waals surface area contributed by atoms with Crippen LogP contribution in [0.2, 0.25) is 0 Å². The predicted octanol–water partition coefficient (Wildman–Crippen LogP) is 3.56. The van der Waals surface area contributed by atoms with E-state index < -0.39 is 5.91 Å². The van der Waals surface area contributed by atoms with Crippen LogP contribution in [0, 0.1) is 0 Å². The lowest BCUT2D eigenvalue weighted by Gasteiger charge is -2.08. The molecule has 0 saturated heterocycles. The first-order valence-corrected chi connectivity index (χ1v) is 7.22. The Morgan fingerprint density at radius 3 is 2.50 bits per heavy atom. The summed E-state index contributed by atoms with van der Waals surface area (Å²) in [5.41, 5.74) is 6.55. The quantitative estimate of drug-likeness (QED) is 0.830. The summed E-state index contributed by atoms with van der Waals surface area (Å²) in [6.07, 6.45) is 0. The van der Waals surface area contributed by atoms with Gasteiger partial charge in [-0.25, -0.2) is 0 Å². The van der Waals surface area contributed by atoms with E-state index in [1.54, 1.807) is 30.3 Å². The first-order valence-electron chi connectivity index (χ1n) is 5.63. The Labute approximate surface area is 132 Å². The van der Waals surface area contributed by atoms with Crippen LogP contribution < -0.4 is 11.1 Å². The van der Waals surface area contributed by atoms with E-state index in [0.29, 0.717) is 21.3 Å². The number of rotatable bonds is 3. The van der Waals surface area contributed by atoms with Gasteiger partial charge in [0.2, 0.25) is 5.91 Å². The molecule has 20 heavy (non-hydrogen) atoms. The Bertz CT molecular complexity index is 687. The SMILES string of the molecule is NC(=O)c1cccc(NC(=O)c2cc(Br)ccc2Br)c1. The van der Waals surface area contributed by atoms with Crippen LogP contribution in [-0.4, -0.2) is 11.8 Å². The third-order valence-corrected chi connectivity index (χ3v) is 3.76. The molecule has 0 saturated carbocycles. The number of carbonyl (C=O) groups is 2. The number of primary amides is 1. The second-order valence-electron chi connectivity index (χ2n) is 4.02. The van der Waals surface area contributed by atoms with Gasteiger partial charge in [0.1, 0.15) is 0 Å². The lowest BCUT2D eigenvalue weighted by Crippen LogP contribution is -2.14. The fraction of sp³-hybridized carbons (Fsp3) is 0. The van der Waals surface area contributed by atoms with Crippen molar-refractivity contribution in [2.45, 2.75) is 0 Å². The number of benzene rings is 2. The first kappa shape index (κ1) is 14.7. The molecule has 0 spiro atoms. The third kappa shape index (κ3) is 3.46. The highest BCUT2D eigenvalue weighted by molar-refractivity contribution is 9.11. The smallest absolute Gasteiger partial charge is 0.256 e. The maximum Gasteiger partial charge on any atom is 0.256 e. The molecule has 3 N–H and O–H groups in total. The van der Waals surface area contributed by atoms with Crippen molar-refractivity contribution in [3.63, 3.8) is 0 Å². The molecule has 2 aromatic carbocycles. The third-order valence-electron chi connectivity index (χ3n) is 2.58. The number of carbonyl (C=O) groups excluding carboxylic acids is 2. The summed E-state index contributed by atoms with van der Waals surface area (Å²) in [5, 5.41) is 2.72. The average Bonchev–Trinajstić information content (AvgIpc) is 2.41. The van der Waals surface area contributed by atoms with E-state index >= 15 is 0 Å². The summed E-state index contributed by atoms with van der Waals surface area (Å²) < 4.78 is 1.49. The second kappa shape index (κ2) is 6.19. The van der Waals surface area contributed by atoms with Crippen molar-refractivity contribution < 1.29 is 9.59 Å². The maximum atomic E-state index is 12.2. The Hall–Kier alpha value is -1.66. The van der Waals surface area contributed by atoms with Gasteiger partial charge in [0, 0.05) is 20.2 Å². The summed E-state index contributed by atoms with van der Waals surface area (Å²) in [7, 11) is 0. The van der Waals surface area contributed by atoms with Gasteiger partial charge in [-0.05, 0) is 52.3 Å². The lowest BCUT2D eigenvalue weighted by atomic mass is 10.1. The van der Waals surface area contributed by atoms with E-state index in [0.717, 1.165) is 4.47 Å². The van der Waals surface area contributed by atoms with Gasteiger partial charge in [0.25, 0.3) is 5.91 Å². The van der Waals surface area contributed by atoms with Gasteiger partial charge in [0.05, 0.1) is 5.56 Å². The summed E-state index contributed by atoms with van der Waals surface area (Å²) in [6, 6.07) is 11.8. The molecule has 102 valence electrons. The van der Waals surface area contributed by atoms with Gasteiger partial charge < -0.3 is 11.1 Å². The van der Waals surface area contributed by atoms with E-state index in [2.05, 4.69) is 37.2 Å². The normalized spacial score (nSPS) is 10.1. The fourth-order valence-electron chi connectivity index (χ4n) is 1.62. The molecule has 0 atom stereocenters. The molecule has 0 unspecified atom stereocenters. The Morgan fingerprint density at radius 2 is 1.80 bits per heavy atom. The Kier molecular flexibility index (Phi) is 4.57. The highest BCUT2D eigenvalue weighted by Crippen LogP contribution is 2.22. The largest absolute Gasteiger partial charge is 0.366 e. The number of hydrogen-bond donors (Lipinski definition) is 2. The Morgan fingerprint density at radius 1 is 1.05 bits per heavy atom. The molecular weight excluding hydrogens is 388 g/mol. The van der Waals surface area contributed by atoms with Crippen LogP contribution in [0.25, 0.3) is 0 Å². The number of nitrogens with one attached hydrogen (secondary N) is 1. The molecule has 0 aromatic heterocycles. The summed E-state index contributed by atoms with van der Waals surface area (Å²) in [4.78, 5) is 23.3. The average molecular weight is 398 g/mol. The molecule has 0 heterocycles. The molecule has 0 aliphatic rings. The number of nitrogens with two attached hydrogens (primary N) is 1. The zero-order valence-electron chi connectivity index (χ0n) is 10.2. The topological polar surface area (TPSA) is 72.2 Å². The predicted molar refractivity (Wildman–Crippen MR) is 84.8 cm³/mol. The van der Waals surface area contributed by atoms with Crippen molar-refractivity contribution in [3.05, 3.63) is 62.5 Å². The number of halogens is 2. The number of amides is 2. The van der Waals surface area contributed by atoms with E-state index in [1.165, 1.54) is 6.07 Å². The van der Waals surface area contributed by atoms with Gasteiger partial charge >= 0.3 is 0 Å². The molecule has 4 nitrogen and oxygen atoms in total. The van der Waals surface area contributed by atoms with Gasteiger partial charge in [-0.1, -0.05) is 22.0 Å². The summed E-state index contributed by atoms with van der Waals surface area (Å²) >= 11 is 6.65. The van der Waals surface area contributed by atoms with Crippen molar-refractivity contribution in [3.8, 4) is 0 Å². The zero-order valence-corrected chi connectivity index (χ0v) is 13.4. The highest BCUT2D eigenvalue weighted by Gasteiger charge is 2.11. The minimum atomic E-state index is -0.537. The van der Waals surface area contributed by atoms with Crippen molar-refractivity contribution in [1.29, 1.82) is 0 Å². The standard InChI is InChI=1S/C14H10Br2N2O2/c15-9-4-5-12(16)11(7-9)14(20)18-10-3-1-2-8(6-10)13(17)19/h1-7H,(H2,17,19)(H,18,20). The molecule has 0 fully saturated rings. The van der Waals surface area contributed by atoms with Crippen molar-refractivity contribution in [2.75, 3.05) is 5.32 Å². The van der Waals surface area contributed by atoms with E-state index in [4.69, 9.17) is 5.73 Å². The molecular formula is C14H10Br2N2O2. The van der Waals surface area contributed by atoms with Crippen LogP contribution in [0.4, 0.5) is 5.69 Å². The van der Waals surface area contributed by atoms with Crippen LogP contribution in [0.15, 0.2) is 51.4 Å². The number of anilines is 1. The van der Waals surface area contributed by atoms with Gasteiger partial charge in [-0.15, -0.1) is 0 Å². The van der Waals surface area contributed by atoms with Crippen molar-refractivity contribution >= 4 is 49.4 Å². The molecule has 0 aliphatic carbocycles. The Balaban J connectivity index is 2.25. The minimum Gasteiger partial charge on any atom is -0.366 e. The minimum absolute atomic E-state index is 0.278. The molecule has 0 bridgehead atoms.